The molecule has 1 aliphatic heterocycles. The van der Waals surface area contributed by atoms with Crippen LogP contribution in [0.25, 0.3) is 0 Å². The molecule has 0 aromatic carbocycles. The van der Waals surface area contributed by atoms with Crippen LogP contribution in [-0.2, 0) is 9.16 Å². The van der Waals surface area contributed by atoms with E-state index in [1.54, 1.807) is 0 Å². The highest BCUT2D eigenvalue weighted by molar-refractivity contribution is 6.74. The Bertz CT molecular complexity index is 370. The van der Waals surface area contributed by atoms with Gasteiger partial charge in [0.05, 0.1) is 18.3 Å². The molecular formula is C14H30BNO3Si. The van der Waals surface area contributed by atoms with Crippen LogP contribution in [0, 0.1) is 5.92 Å². The summed E-state index contributed by atoms with van der Waals surface area (Å²) in [6.07, 6.45) is 2.36. The van der Waals surface area contributed by atoms with Gasteiger partial charge in [0.25, 0.3) is 0 Å². The van der Waals surface area contributed by atoms with Crippen LogP contribution in [0.4, 0.5) is 0 Å². The number of nitrogens with zero attached hydrogens (tertiary/aromatic N) is 1. The Morgan fingerprint density at radius 2 is 2.00 bits per heavy atom. The maximum atomic E-state index is 8.93. The van der Waals surface area contributed by atoms with Crippen LogP contribution in [0.2, 0.25) is 18.1 Å². The van der Waals surface area contributed by atoms with Gasteiger partial charge in [-0.3, -0.25) is 0 Å². The fraction of sp³-hybridized carbons (Fsp3) is 0.929. The van der Waals surface area contributed by atoms with E-state index >= 15 is 0 Å². The molecule has 116 valence electrons. The van der Waals surface area contributed by atoms with E-state index in [0.29, 0.717) is 0 Å². The van der Waals surface area contributed by atoms with Crippen molar-refractivity contribution in [2.45, 2.75) is 76.9 Å². The molecule has 1 N–H and O–H groups in total. The molecule has 4 atom stereocenters. The Labute approximate surface area is 125 Å². The summed E-state index contributed by atoms with van der Waals surface area (Å²) in [4.78, 5) is 0. The summed E-state index contributed by atoms with van der Waals surface area (Å²) in [7, 11) is 0.214. The van der Waals surface area contributed by atoms with E-state index in [0.717, 1.165) is 6.42 Å². The first-order valence-electron chi connectivity index (χ1n) is 7.55. The fourth-order valence-electron chi connectivity index (χ4n) is 2.66. The SMILES string of the molecule is B[C@@H]1O[C@](/C=N/O)(CC)[C@@H](C)[C@H]1O[Si](C)(C)C(C)(C)C. The third kappa shape index (κ3) is 3.12. The summed E-state index contributed by atoms with van der Waals surface area (Å²) >= 11 is 0. The molecule has 1 saturated heterocycles. The van der Waals surface area contributed by atoms with Gasteiger partial charge < -0.3 is 14.4 Å². The van der Waals surface area contributed by atoms with Crippen LogP contribution in [-0.4, -0.2) is 45.3 Å². The summed E-state index contributed by atoms with van der Waals surface area (Å²) in [6, 6.07) is 0.0112. The summed E-state index contributed by atoms with van der Waals surface area (Å²) in [5.74, 6) is 0.174. The molecule has 1 rings (SSSR count). The molecule has 0 saturated carbocycles. The molecule has 0 aromatic heterocycles. The van der Waals surface area contributed by atoms with E-state index in [-0.39, 0.29) is 23.1 Å². The van der Waals surface area contributed by atoms with E-state index in [2.05, 4.69) is 60.7 Å². The van der Waals surface area contributed by atoms with Crippen LogP contribution < -0.4 is 0 Å². The molecule has 0 aromatic rings. The maximum absolute atomic E-state index is 8.93. The van der Waals surface area contributed by atoms with Gasteiger partial charge in [0.2, 0.25) is 0 Å². The van der Waals surface area contributed by atoms with Gasteiger partial charge in [-0.15, -0.1) is 0 Å². The molecule has 0 spiro atoms. The van der Waals surface area contributed by atoms with Gasteiger partial charge in [-0.05, 0) is 24.6 Å². The number of hydrogen-bond donors (Lipinski definition) is 1. The van der Waals surface area contributed by atoms with Gasteiger partial charge in [-0.1, -0.05) is 39.8 Å². The minimum Gasteiger partial charge on any atom is -0.412 e. The molecule has 4 nitrogen and oxygen atoms in total. The van der Waals surface area contributed by atoms with Crippen LogP contribution in [0.1, 0.15) is 41.0 Å². The van der Waals surface area contributed by atoms with Gasteiger partial charge in [-0.25, -0.2) is 0 Å². The van der Waals surface area contributed by atoms with Crippen molar-refractivity contribution in [1.82, 2.24) is 0 Å². The highest BCUT2D eigenvalue weighted by Gasteiger charge is 2.52. The Morgan fingerprint density at radius 3 is 2.40 bits per heavy atom. The molecule has 0 bridgehead atoms. The fourth-order valence-corrected chi connectivity index (χ4v) is 4.09. The quantitative estimate of drug-likeness (QED) is 0.376. The largest absolute Gasteiger partial charge is 0.412 e. The first-order chi connectivity index (χ1) is 9.00. The Balaban J connectivity index is 2.98. The van der Waals surface area contributed by atoms with E-state index < -0.39 is 13.9 Å². The summed E-state index contributed by atoms with van der Waals surface area (Å²) in [6.45, 7) is 15.4. The molecule has 6 heteroatoms. The lowest BCUT2D eigenvalue weighted by molar-refractivity contribution is 0.0212. The minimum absolute atomic E-state index is 0.0112. The standard InChI is InChI=1S/C14H30BNO3Si/c1-8-14(9-16-17)10(2)11(12(15)18-14)19-20(6,7)13(3,4)5/h9-12,17H,8,15H2,1-7H3/b16-9+/t10-,11+,12+,14-/m0/s1. The normalized spacial score (nSPS) is 35.9. The summed E-state index contributed by atoms with van der Waals surface area (Å²) in [5.41, 5.74) is -0.513. The smallest absolute Gasteiger partial charge is 0.192 e. The van der Waals surface area contributed by atoms with E-state index in [1.807, 2.05) is 0 Å². The topological polar surface area (TPSA) is 51.0 Å². The minimum atomic E-state index is -1.84. The number of oxime groups is 1. The summed E-state index contributed by atoms with van der Waals surface area (Å²) in [5, 5.41) is 12.3. The van der Waals surface area contributed by atoms with Crippen LogP contribution in [0.3, 0.4) is 0 Å². The predicted molar refractivity (Wildman–Crippen MR) is 88.0 cm³/mol. The second-order valence-electron chi connectivity index (χ2n) is 7.51. The molecule has 1 aliphatic rings. The average molecular weight is 299 g/mol. The van der Waals surface area contributed by atoms with Gasteiger partial charge >= 0.3 is 0 Å². The molecular weight excluding hydrogens is 269 g/mol. The van der Waals surface area contributed by atoms with Gasteiger partial charge in [0, 0.05) is 5.92 Å². The third-order valence-corrected chi connectivity index (χ3v) is 9.67. The lowest BCUT2D eigenvalue weighted by atomic mass is 9.82. The van der Waals surface area contributed by atoms with Gasteiger partial charge in [-0.2, -0.15) is 0 Å². The van der Waals surface area contributed by atoms with Crippen LogP contribution in [0.5, 0.6) is 0 Å². The van der Waals surface area contributed by atoms with Crippen molar-refractivity contribution in [1.29, 1.82) is 0 Å². The van der Waals surface area contributed by atoms with Crippen molar-refractivity contribution in [3.63, 3.8) is 0 Å². The van der Waals surface area contributed by atoms with Crippen LogP contribution in [0.15, 0.2) is 5.16 Å². The molecule has 20 heavy (non-hydrogen) atoms. The molecule has 0 amide bonds. The zero-order valence-electron chi connectivity index (χ0n) is 14.2. The number of hydrogen-bond acceptors (Lipinski definition) is 4. The highest BCUT2D eigenvalue weighted by Crippen LogP contribution is 2.44. The second-order valence-corrected chi connectivity index (χ2v) is 12.3. The zero-order chi connectivity index (χ0) is 15.8. The van der Waals surface area contributed by atoms with Crippen LogP contribution >= 0.6 is 0 Å². The van der Waals surface area contributed by atoms with E-state index in [4.69, 9.17) is 14.4 Å². The molecule has 1 fully saturated rings. The number of rotatable bonds is 4. The average Bonchev–Trinajstić information content (AvgIpc) is 2.53. The van der Waals surface area contributed by atoms with Crippen molar-refractivity contribution in [3.8, 4) is 0 Å². The van der Waals surface area contributed by atoms with Crippen molar-refractivity contribution >= 4 is 22.4 Å². The highest BCUT2D eigenvalue weighted by atomic mass is 28.4. The molecule has 0 radical (unpaired) electrons. The van der Waals surface area contributed by atoms with Crippen molar-refractivity contribution in [3.05, 3.63) is 0 Å². The zero-order valence-corrected chi connectivity index (χ0v) is 15.2. The van der Waals surface area contributed by atoms with E-state index in [9.17, 15) is 0 Å². The third-order valence-electron chi connectivity index (χ3n) is 5.20. The molecule has 0 aliphatic carbocycles. The monoisotopic (exact) mass is 299 g/mol. The van der Waals surface area contributed by atoms with Crippen molar-refractivity contribution in [2.24, 2.45) is 11.1 Å². The van der Waals surface area contributed by atoms with Crippen molar-refractivity contribution < 1.29 is 14.4 Å². The second kappa shape index (κ2) is 5.81. The first kappa shape index (κ1) is 17.7. The van der Waals surface area contributed by atoms with E-state index in [1.165, 1.54) is 6.21 Å². The lowest BCUT2D eigenvalue weighted by Crippen LogP contribution is -2.48. The predicted octanol–water partition coefficient (Wildman–Crippen LogP) is 2.61. The lowest BCUT2D eigenvalue weighted by Gasteiger charge is -2.40. The van der Waals surface area contributed by atoms with Gasteiger partial charge in [0.15, 0.2) is 8.32 Å². The van der Waals surface area contributed by atoms with Crippen molar-refractivity contribution in [2.75, 3.05) is 0 Å². The Morgan fingerprint density at radius 1 is 1.45 bits per heavy atom. The summed E-state index contributed by atoms with van der Waals surface area (Å²) < 4.78 is 12.7. The molecule has 0 unspecified atom stereocenters. The number of ether oxygens (including phenoxy) is 1. The Kier molecular flexibility index (Phi) is 5.15. The maximum Gasteiger partial charge on any atom is 0.192 e. The Hall–Kier alpha value is -0.328. The first-order valence-corrected chi connectivity index (χ1v) is 10.5. The van der Waals surface area contributed by atoms with Gasteiger partial charge in [0.1, 0.15) is 13.4 Å². The molecule has 1 heterocycles.